The van der Waals surface area contributed by atoms with E-state index >= 15 is 0 Å². The Hall–Kier alpha value is -1.14. The van der Waals surface area contributed by atoms with Crippen molar-refractivity contribution in [3.63, 3.8) is 0 Å². The van der Waals surface area contributed by atoms with Gasteiger partial charge in [-0.1, -0.05) is 13.8 Å². The van der Waals surface area contributed by atoms with Gasteiger partial charge in [0.25, 0.3) is 0 Å². The minimum absolute atomic E-state index is 0.121. The molecule has 5 nitrogen and oxygen atoms in total. The summed E-state index contributed by atoms with van der Waals surface area (Å²) in [5.41, 5.74) is -0.311. The number of nitrogens with one attached hydrogen (secondary N) is 1. The number of sulfonamides is 1. The zero-order valence-corrected chi connectivity index (χ0v) is 12.0. The monoisotopic (exact) mass is 272 g/mol. The molecule has 1 N–H and O–H groups in total. The van der Waals surface area contributed by atoms with Crippen molar-refractivity contribution in [1.82, 2.24) is 9.29 Å². The number of aromatic amines is 1. The third-order valence-corrected chi connectivity index (χ3v) is 4.52. The number of rotatable bonds is 5. The third-order valence-electron chi connectivity index (χ3n) is 2.48. The van der Waals surface area contributed by atoms with E-state index < -0.39 is 10.0 Å². The van der Waals surface area contributed by atoms with Crippen LogP contribution < -0.4 is 5.56 Å². The highest BCUT2D eigenvalue weighted by atomic mass is 32.2. The van der Waals surface area contributed by atoms with E-state index in [0.717, 1.165) is 0 Å². The van der Waals surface area contributed by atoms with E-state index in [-0.39, 0.29) is 22.4 Å². The Labute approximate surface area is 108 Å². The lowest BCUT2D eigenvalue weighted by Crippen LogP contribution is -2.39. The fourth-order valence-corrected chi connectivity index (χ4v) is 3.41. The van der Waals surface area contributed by atoms with Gasteiger partial charge >= 0.3 is 0 Å². The van der Waals surface area contributed by atoms with Crippen LogP contribution in [0, 0.1) is 5.92 Å². The summed E-state index contributed by atoms with van der Waals surface area (Å²) in [7, 11) is -3.55. The number of pyridine rings is 1. The molecule has 0 saturated heterocycles. The number of aromatic nitrogens is 1. The topological polar surface area (TPSA) is 70.2 Å². The maximum atomic E-state index is 12.4. The molecule has 1 heterocycles. The second kappa shape index (κ2) is 5.67. The van der Waals surface area contributed by atoms with Crippen LogP contribution in [0.15, 0.2) is 28.0 Å². The van der Waals surface area contributed by atoms with E-state index in [1.54, 1.807) is 0 Å². The minimum Gasteiger partial charge on any atom is -0.328 e. The second-order valence-electron chi connectivity index (χ2n) is 4.95. The molecule has 0 aliphatic rings. The number of hydrogen-bond acceptors (Lipinski definition) is 3. The molecule has 1 aromatic rings. The molecule has 0 unspecified atom stereocenters. The number of hydrogen-bond donors (Lipinski definition) is 1. The molecule has 0 radical (unpaired) electrons. The zero-order chi connectivity index (χ0) is 13.9. The molecule has 102 valence electrons. The van der Waals surface area contributed by atoms with Crippen molar-refractivity contribution >= 4 is 10.0 Å². The van der Waals surface area contributed by atoms with Crippen LogP contribution >= 0.6 is 0 Å². The van der Waals surface area contributed by atoms with Gasteiger partial charge in [-0.25, -0.2) is 8.42 Å². The van der Waals surface area contributed by atoms with Gasteiger partial charge < -0.3 is 4.98 Å². The molecular formula is C12H20N2O3S. The van der Waals surface area contributed by atoms with Crippen LogP contribution in [0.5, 0.6) is 0 Å². The zero-order valence-electron chi connectivity index (χ0n) is 11.2. The number of H-pyrrole nitrogens is 1. The molecule has 0 aliphatic heterocycles. The molecule has 0 bridgehead atoms. The van der Waals surface area contributed by atoms with Crippen molar-refractivity contribution < 1.29 is 8.42 Å². The fourth-order valence-electron chi connectivity index (χ4n) is 1.64. The molecule has 0 amide bonds. The van der Waals surface area contributed by atoms with E-state index in [2.05, 4.69) is 4.98 Å². The quantitative estimate of drug-likeness (QED) is 0.881. The molecule has 0 fully saturated rings. The van der Waals surface area contributed by atoms with E-state index in [9.17, 15) is 13.2 Å². The highest BCUT2D eigenvalue weighted by Crippen LogP contribution is 2.18. The summed E-state index contributed by atoms with van der Waals surface area (Å²) in [6.07, 6.45) is 1.24. The number of nitrogens with zero attached hydrogens (tertiary/aromatic N) is 1. The van der Waals surface area contributed by atoms with Crippen LogP contribution in [0.1, 0.15) is 27.7 Å². The first kappa shape index (κ1) is 14.9. The Morgan fingerprint density at radius 2 is 1.83 bits per heavy atom. The maximum absolute atomic E-state index is 12.4. The minimum atomic E-state index is -3.55. The van der Waals surface area contributed by atoms with Crippen LogP contribution in [-0.2, 0) is 10.0 Å². The Kier molecular flexibility index (Phi) is 4.70. The first-order valence-corrected chi connectivity index (χ1v) is 7.39. The molecule has 1 rings (SSSR count). The van der Waals surface area contributed by atoms with Crippen molar-refractivity contribution in [1.29, 1.82) is 0 Å². The highest BCUT2D eigenvalue weighted by Gasteiger charge is 2.27. The average Bonchev–Trinajstić information content (AvgIpc) is 2.25. The first-order chi connectivity index (χ1) is 8.25. The maximum Gasteiger partial charge on any atom is 0.247 e. The standard InChI is InChI=1S/C12H20N2O3S/c1-9(2)8-14(10(3)4)18(16,17)11-5-6-12(15)13-7-11/h5-7,9-10H,8H2,1-4H3,(H,13,15). The molecule has 0 aliphatic carbocycles. The van der Waals surface area contributed by atoms with Gasteiger partial charge in [0.1, 0.15) is 0 Å². The lowest BCUT2D eigenvalue weighted by Gasteiger charge is -2.27. The predicted molar refractivity (Wildman–Crippen MR) is 70.9 cm³/mol. The van der Waals surface area contributed by atoms with Crippen LogP contribution in [-0.4, -0.2) is 30.3 Å². The summed E-state index contributed by atoms with van der Waals surface area (Å²) in [6.45, 7) is 8.08. The normalized spacial score (nSPS) is 12.6. The molecule has 0 atom stereocenters. The molecule has 0 saturated carbocycles. The van der Waals surface area contributed by atoms with E-state index in [1.165, 1.54) is 22.6 Å². The summed E-state index contributed by atoms with van der Waals surface area (Å²) < 4.78 is 26.3. The van der Waals surface area contributed by atoms with Gasteiger partial charge in [0.05, 0.1) is 4.90 Å². The average molecular weight is 272 g/mol. The lowest BCUT2D eigenvalue weighted by molar-refractivity contribution is 0.319. The van der Waals surface area contributed by atoms with Gasteiger partial charge in [-0.2, -0.15) is 4.31 Å². The van der Waals surface area contributed by atoms with Gasteiger partial charge in [0.2, 0.25) is 15.6 Å². The SMILES string of the molecule is CC(C)CN(C(C)C)S(=O)(=O)c1ccc(=O)[nH]c1. The summed E-state index contributed by atoms with van der Waals surface area (Å²) in [5, 5.41) is 0. The van der Waals surface area contributed by atoms with E-state index in [4.69, 9.17) is 0 Å². The predicted octanol–water partition coefficient (Wildman–Crippen LogP) is 1.43. The van der Waals surface area contributed by atoms with E-state index in [0.29, 0.717) is 6.54 Å². The van der Waals surface area contributed by atoms with Crippen LogP contribution in [0.2, 0.25) is 0 Å². The molecule has 6 heteroatoms. The Bertz CT molecular complexity index is 526. The highest BCUT2D eigenvalue weighted by molar-refractivity contribution is 7.89. The van der Waals surface area contributed by atoms with Crippen LogP contribution in [0.4, 0.5) is 0 Å². The van der Waals surface area contributed by atoms with Gasteiger partial charge in [0.15, 0.2) is 0 Å². The second-order valence-corrected chi connectivity index (χ2v) is 6.84. The molecule has 0 spiro atoms. The first-order valence-electron chi connectivity index (χ1n) is 5.95. The Morgan fingerprint density at radius 3 is 2.22 bits per heavy atom. The smallest absolute Gasteiger partial charge is 0.247 e. The third kappa shape index (κ3) is 3.43. The molecule has 1 aromatic heterocycles. The lowest BCUT2D eigenvalue weighted by atomic mass is 10.2. The van der Waals surface area contributed by atoms with Crippen molar-refractivity contribution in [3.8, 4) is 0 Å². The molecule has 0 aromatic carbocycles. The van der Waals surface area contributed by atoms with Crippen molar-refractivity contribution in [2.45, 2.75) is 38.6 Å². The summed E-state index contributed by atoms with van der Waals surface area (Å²) >= 11 is 0. The van der Waals surface area contributed by atoms with Gasteiger partial charge in [-0.05, 0) is 25.8 Å². The van der Waals surface area contributed by atoms with Crippen molar-refractivity contribution in [2.24, 2.45) is 5.92 Å². The molecule has 18 heavy (non-hydrogen) atoms. The van der Waals surface area contributed by atoms with Gasteiger partial charge in [-0.3, -0.25) is 4.79 Å². The summed E-state index contributed by atoms with van der Waals surface area (Å²) in [5.74, 6) is 0.241. The van der Waals surface area contributed by atoms with Crippen molar-refractivity contribution in [3.05, 3.63) is 28.7 Å². The Morgan fingerprint density at radius 1 is 1.22 bits per heavy atom. The summed E-state index contributed by atoms with van der Waals surface area (Å²) in [4.78, 5) is 13.5. The largest absolute Gasteiger partial charge is 0.328 e. The van der Waals surface area contributed by atoms with Crippen LogP contribution in [0.25, 0.3) is 0 Å². The Balaban J connectivity index is 3.16. The summed E-state index contributed by atoms with van der Waals surface area (Å²) in [6, 6.07) is 2.44. The van der Waals surface area contributed by atoms with Crippen LogP contribution in [0.3, 0.4) is 0 Å². The molecular weight excluding hydrogens is 252 g/mol. The van der Waals surface area contributed by atoms with E-state index in [1.807, 2.05) is 27.7 Å². The van der Waals surface area contributed by atoms with Crippen molar-refractivity contribution in [2.75, 3.05) is 6.54 Å². The van der Waals surface area contributed by atoms with Gasteiger partial charge in [0, 0.05) is 24.8 Å². The fraction of sp³-hybridized carbons (Fsp3) is 0.583. The van der Waals surface area contributed by atoms with Gasteiger partial charge in [-0.15, -0.1) is 0 Å².